The number of nitrogens with one attached hydrogen (secondary N) is 1. The first kappa shape index (κ1) is 17.8. The summed E-state index contributed by atoms with van der Waals surface area (Å²) >= 11 is 0. The monoisotopic (exact) mass is 393 g/mol. The summed E-state index contributed by atoms with van der Waals surface area (Å²) in [7, 11) is 3.99. The van der Waals surface area contributed by atoms with Crippen LogP contribution in [0, 0.1) is 11.8 Å². The van der Waals surface area contributed by atoms with Gasteiger partial charge >= 0.3 is 0 Å². The third kappa shape index (κ3) is 5.60. The van der Waals surface area contributed by atoms with Gasteiger partial charge in [0.2, 0.25) is 0 Å². The zero-order valence-corrected chi connectivity index (χ0v) is 15.0. The van der Waals surface area contributed by atoms with Crippen LogP contribution in [-0.2, 0) is 4.74 Å². The van der Waals surface area contributed by atoms with Gasteiger partial charge in [-0.2, -0.15) is 0 Å². The second kappa shape index (κ2) is 9.60. The molecule has 2 aliphatic rings. The van der Waals surface area contributed by atoms with Crippen molar-refractivity contribution in [2.24, 2.45) is 16.8 Å². The molecule has 20 heavy (non-hydrogen) atoms. The van der Waals surface area contributed by atoms with Gasteiger partial charge in [-0.05, 0) is 31.6 Å². The highest BCUT2D eigenvalue weighted by molar-refractivity contribution is 14.0. The van der Waals surface area contributed by atoms with Gasteiger partial charge in [-0.25, -0.2) is 0 Å². The topological polar surface area (TPSA) is 36.9 Å². The van der Waals surface area contributed by atoms with Crippen molar-refractivity contribution in [2.45, 2.75) is 25.7 Å². The van der Waals surface area contributed by atoms with Crippen LogP contribution >= 0.6 is 24.0 Å². The van der Waals surface area contributed by atoms with E-state index in [0.717, 1.165) is 38.2 Å². The number of rotatable bonds is 4. The second-order valence-corrected chi connectivity index (χ2v) is 5.69. The summed E-state index contributed by atoms with van der Waals surface area (Å²) in [6, 6.07) is 0. The molecule has 2 unspecified atom stereocenters. The Bertz CT molecular complexity index is 327. The quantitative estimate of drug-likeness (QED) is 0.345. The molecule has 5 heteroatoms. The summed E-state index contributed by atoms with van der Waals surface area (Å²) in [4.78, 5) is 6.62. The molecule has 0 amide bonds. The van der Waals surface area contributed by atoms with Crippen LogP contribution in [0.5, 0.6) is 0 Å². The Hall–Kier alpha value is -0.300. The molecule has 1 heterocycles. The van der Waals surface area contributed by atoms with E-state index in [0.29, 0.717) is 5.92 Å². The minimum Gasteiger partial charge on any atom is -0.381 e. The van der Waals surface area contributed by atoms with Crippen molar-refractivity contribution in [3.8, 4) is 0 Å². The average molecular weight is 393 g/mol. The maximum absolute atomic E-state index is 5.43. The fraction of sp³-hybridized carbons (Fsp3) is 0.800. The fourth-order valence-electron chi connectivity index (χ4n) is 2.86. The molecular formula is C15H28IN3O. The molecular weight excluding hydrogens is 365 g/mol. The molecule has 0 aromatic rings. The lowest BCUT2D eigenvalue weighted by molar-refractivity contribution is 0.181. The Labute approximate surface area is 140 Å². The number of nitrogens with zero attached hydrogens (tertiary/aromatic N) is 2. The van der Waals surface area contributed by atoms with Crippen molar-refractivity contribution >= 4 is 29.9 Å². The number of hydrogen-bond donors (Lipinski definition) is 1. The van der Waals surface area contributed by atoms with E-state index >= 15 is 0 Å². The van der Waals surface area contributed by atoms with Crippen LogP contribution in [-0.4, -0.2) is 51.3 Å². The van der Waals surface area contributed by atoms with Gasteiger partial charge in [0.1, 0.15) is 0 Å². The predicted molar refractivity (Wildman–Crippen MR) is 94.8 cm³/mol. The zero-order chi connectivity index (χ0) is 13.5. The summed E-state index contributed by atoms with van der Waals surface area (Å²) in [6.45, 7) is 3.88. The molecule has 116 valence electrons. The predicted octanol–water partition coefficient (Wildman–Crippen LogP) is 2.50. The third-order valence-electron chi connectivity index (χ3n) is 4.06. The molecule has 1 aliphatic heterocycles. The van der Waals surface area contributed by atoms with E-state index in [1.807, 2.05) is 7.05 Å². The number of guanidine groups is 1. The van der Waals surface area contributed by atoms with Crippen molar-refractivity contribution < 1.29 is 4.74 Å². The van der Waals surface area contributed by atoms with Crippen molar-refractivity contribution in [3.05, 3.63) is 12.2 Å². The first-order chi connectivity index (χ1) is 9.29. The molecule has 0 bridgehead atoms. The minimum atomic E-state index is 0. The number of ether oxygens (including phenoxy) is 1. The van der Waals surface area contributed by atoms with Crippen LogP contribution in [0.1, 0.15) is 25.7 Å². The minimum absolute atomic E-state index is 0. The van der Waals surface area contributed by atoms with E-state index in [4.69, 9.17) is 4.74 Å². The normalized spacial score (nSPS) is 26.2. The Morgan fingerprint density at radius 2 is 2.20 bits per heavy atom. The highest BCUT2D eigenvalue weighted by atomic mass is 127. The molecule has 1 N–H and O–H groups in total. The molecule has 0 aromatic carbocycles. The summed E-state index contributed by atoms with van der Waals surface area (Å²) in [5, 5.41) is 3.51. The smallest absolute Gasteiger partial charge is 0.193 e. The lowest BCUT2D eigenvalue weighted by Gasteiger charge is -2.26. The van der Waals surface area contributed by atoms with Crippen LogP contribution in [0.15, 0.2) is 17.1 Å². The van der Waals surface area contributed by atoms with Crippen molar-refractivity contribution in [2.75, 3.05) is 40.4 Å². The van der Waals surface area contributed by atoms with Gasteiger partial charge in [0.05, 0.1) is 6.61 Å². The van der Waals surface area contributed by atoms with Crippen molar-refractivity contribution in [1.29, 1.82) is 0 Å². The van der Waals surface area contributed by atoms with Gasteiger partial charge in [0.25, 0.3) is 0 Å². The van der Waals surface area contributed by atoms with Crippen LogP contribution in [0.4, 0.5) is 0 Å². The molecule has 1 saturated heterocycles. The maximum Gasteiger partial charge on any atom is 0.193 e. The van der Waals surface area contributed by atoms with Gasteiger partial charge in [0, 0.05) is 39.7 Å². The lowest BCUT2D eigenvalue weighted by atomic mass is 9.94. The maximum atomic E-state index is 5.43. The Morgan fingerprint density at radius 1 is 1.35 bits per heavy atom. The number of halogens is 1. The molecule has 2 atom stereocenters. The number of aliphatic imine (C=N–C) groups is 1. The molecule has 0 radical (unpaired) electrons. The van der Waals surface area contributed by atoms with Crippen LogP contribution in [0.2, 0.25) is 0 Å². The van der Waals surface area contributed by atoms with Crippen LogP contribution < -0.4 is 5.32 Å². The summed E-state index contributed by atoms with van der Waals surface area (Å²) in [5.41, 5.74) is 0. The van der Waals surface area contributed by atoms with Crippen molar-refractivity contribution in [3.63, 3.8) is 0 Å². The average Bonchev–Trinajstić information content (AvgIpc) is 2.93. The largest absolute Gasteiger partial charge is 0.381 e. The first-order valence-electron chi connectivity index (χ1n) is 7.44. The van der Waals surface area contributed by atoms with E-state index in [2.05, 4.69) is 34.4 Å². The van der Waals surface area contributed by atoms with Gasteiger partial charge in [-0.1, -0.05) is 12.2 Å². The number of allylic oxidation sites excluding steroid dienone is 2. The Kier molecular flexibility index (Phi) is 8.52. The van der Waals surface area contributed by atoms with E-state index < -0.39 is 0 Å². The molecule has 0 aromatic heterocycles. The van der Waals surface area contributed by atoms with E-state index in [9.17, 15) is 0 Å². The molecule has 0 spiro atoms. The second-order valence-electron chi connectivity index (χ2n) is 5.69. The van der Waals surface area contributed by atoms with Crippen LogP contribution in [0.25, 0.3) is 0 Å². The van der Waals surface area contributed by atoms with Gasteiger partial charge in [-0.15, -0.1) is 24.0 Å². The molecule has 0 saturated carbocycles. The SMILES string of the molecule is CN=C(NCC1CC=CCC1)N(C)CC1CCOC1.I. The Balaban J connectivity index is 0.00000200. The standard InChI is InChI=1S/C15H27N3O.HI/c1-16-15(17-10-13-6-4-3-5-7-13)18(2)11-14-8-9-19-12-14;/h3-4,13-14H,5-12H2,1-2H3,(H,16,17);1H. The summed E-state index contributed by atoms with van der Waals surface area (Å²) in [5.74, 6) is 2.42. The Morgan fingerprint density at radius 3 is 2.80 bits per heavy atom. The third-order valence-corrected chi connectivity index (χ3v) is 4.06. The highest BCUT2D eigenvalue weighted by Gasteiger charge is 2.19. The zero-order valence-electron chi connectivity index (χ0n) is 12.7. The van der Waals surface area contributed by atoms with E-state index in [1.165, 1.54) is 25.7 Å². The fourth-order valence-corrected chi connectivity index (χ4v) is 2.86. The molecule has 4 nitrogen and oxygen atoms in total. The first-order valence-corrected chi connectivity index (χ1v) is 7.44. The summed E-state index contributed by atoms with van der Waals surface area (Å²) in [6.07, 6.45) is 9.48. The van der Waals surface area contributed by atoms with Gasteiger partial charge in [-0.3, -0.25) is 4.99 Å². The highest BCUT2D eigenvalue weighted by Crippen LogP contribution is 2.17. The van der Waals surface area contributed by atoms with Gasteiger partial charge < -0.3 is 15.0 Å². The number of hydrogen-bond acceptors (Lipinski definition) is 2. The van der Waals surface area contributed by atoms with Gasteiger partial charge in [0.15, 0.2) is 5.96 Å². The molecule has 2 rings (SSSR count). The van der Waals surface area contributed by atoms with E-state index in [-0.39, 0.29) is 24.0 Å². The lowest BCUT2D eigenvalue weighted by Crippen LogP contribution is -2.43. The van der Waals surface area contributed by atoms with E-state index in [1.54, 1.807) is 0 Å². The van der Waals surface area contributed by atoms with Crippen LogP contribution in [0.3, 0.4) is 0 Å². The van der Waals surface area contributed by atoms with Crippen molar-refractivity contribution in [1.82, 2.24) is 10.2 Å². The molecule has 1 fully saturated rings. The summed E-state index contributed by atoms with van der Waals surface area (Å²) < 4.78 is 5.43. The molecule has 1 aliphatic carbocycles.